The number of hydrogen-bond donors (Lipinski definition) is 2. The lowest BCUT2D eigenvalue weighted by molar-refractivity contribution is 0.134. The van der Waals surface area contributed by atoms with E-state index in [-0.39, 0.29) is 6.04 Å². The van der Waals surface area contributed by atoms with Crippen molar-refractivity contribution in [3.05, 3.63) is 34.9 Å². The molecule has 1 aromatic carbocycles. The highest BCUT2D eigenvalue weighted by molar-refractivity contribution is 5.34. The number of hydrogen-bond acceptors (Lipinski definition) is 3. The van der Waals surface area contributed by atoms with Crippen molar-refractivity contribution >= 4 is 0 Å². The average Bonchev–Trinajstić information content (AvgIpc) is 2.66. The van der Waals surface area contributed by atoms with Crippen molar-refractivity contribution in [2.24, 2.45) is 5.84 Å². The van der Waals surface area contributed by atoms with Crippen LogP contribution in [-0.4, -0.2) is 0 Å². The van der Waals surface area contributed by atoms with Gasteiger partial charge in [-0.2, -0.15) is 0 Å². The van der Waals surface area contributed by atoms with Gasteiger partial charge in [0.25, 0.3) is 0 Å². The number of nitrogens with two attached hydrogens (primary N) is 1. The molecule has 1 aliphatic heterocycles. The molecule has 0 fully saturated rings. The lowest BCUT2D eigenvalue weighted by atomic mass is 10.00. The van der Waals surface area contributed by atoms with Gasteiger partial charge in [0.15, 0.2) is 0 Å². The van der Waals surface area contributed by atoms with E-state index >= 15 is 0 Å². The highest BCUT2D eigenvalue weighted by Crippen LogP contribution is 2.24. The standard InChI is InChI=1S/C11H16N2O/c1-2-11(13-12)8-3-4-9-6-14-7-10(9)5-8/h3-5,11,13H,2,6-7,12H2,1H3. The molecule has 1 aliphatic rings. The van der Waals surface area contributed by atoms with Gasteiger partial charge in [-0.3, -0.25) is 11.3 Å². The lowest BCUT2D eigenvalue weighted by Crippen LogP contribution is -2.27. The maximum absolute atomic E-state index is 5.48. The molecular weight excluding hydrogens is 176 g/mol. The molecule has 0 spiro atoms. The van der Waals surface area contributed by atoms with Crippen LogP contribution in [0.2, 0.25) is 0 Å². The highest BCUT2D eigenvalue weighted by atomic mass is 16.5. The zero-order valence-electron chi connectivity index (χ0n) is 8.42. The van der Waals surface area contributed by atoms with Crippen LogP contribution in [0.1, 0.15) is 36.1 Å². The molecule has 2 rings (SSSR count). The molecule has 0 aliphatic carbocycles. The zero-order chi connectivity index (χ0) is 9.97. The van der Waals surface area contributed by atoms with E-state index in [1.807, 2.05) is 0 Å². The largest absolute Gasteiger partial charge is 0.372 e. The maximum atomic E-state index is 5.48. The Labute approximate surface area is 84.2 Å². The summed E-state index contributed by atoms with van der Waals surface area (Å²) in [5, 5.41) is 0. The predicted molar refractivity (Wildman–Crippen MR) is 55.3 cm³/mol. The molecule has 0 radical (unpaired) electrons. The third-order valence-corrected chi connectivity index (χ3v) is 2.76. The second kappa shape index (κ2) is 4.09. The van der Waals surface area contributed by atoms with Crippen LogP contribution >= 0.6 is 0 Å². The number of hydrazine groups is 1. The van der Waals surface area contributed by atoms with Crippen LogP contribution in [0.5, 0.6) is 0 Å². The minimum Gasteiger partial charge on any atom is -0.372 e. The second-order valence-electron chi connectivity index (χ2n) is 3.65. The van der Waals surface area contributed by atoms with Crippen LogP contribution in [0.3, 0.4) is 0 Å². The van der Waals surface area contributed by atoms with Gasteiger partial charge in [-0.25, -0.2) is 0 Å². The first-order valence-electron chi connectivity index (χ1n) is 5.00. The molecule has 1 unspecified atom stereocenters. The number of nitrogens with one attached hydrogen (secondary N) is 1. The zero-order valence-corrected chi connectivity index (χ0v) is 8.42. The first-order valence-corrected chi connectivity index (χ1v) is 5.00. The van der Waals surface area contributed by atoms with Crippen molar-refractivity contribution in [1.82, 2.24) is 5.43 Å². The van der Waals surface area contributed by atoms with Gasteiger partial charge in [0.1, 0.15) is 0 Å². The summed E-state index contributed by atoms with van der Waals surface area (Å²) in [4.78, 5) is 0. The van der Waals surface area contributed by atoms with Crippen molar-refractivity contribution < 1.29 is 4.74 Å². The minimum atomic E-state index is 0.251. The van der Waals surface area contributed by atoms with Gasteiger partial charge in [0.2, 0.25) is 0 Å². The molecule has 3 nitrogen and oxygen atoms in total. The summed E-state index contributed by atoms with van der Waals surface area (Å²) in [6.45, 7) is 3.61. The van der Waals surface area contributed by atoms with Crippen LogP contribution in [0.4, 0.5) is 0 Å². The Bertz CT molecular complexity index is 321. The average molecular weight is 192 g/mol. The molecule has 0 saturated carbocycles. The SMILES string of the molecule is CCC(NN)c1ccc2c(c1)COC2. The summed E-state index contributed by atoms with van der Waals surface area (Å²) in [6.07, 6.45) is 0.996. The summed E-state index contributed by atoms with van der Waals surface area (Å²) in [5.41, 5.74) is 6.68. The Morgan fingerprint density at radius 2 is 2.21 bits per heavy atom. The number of benzene rings is 1. The summed E-state index contributed by atoms with van der Waals surface area (Å²) in [7, 11) is 0. The molecule has 0 amide bonds. The van der Waals surface area contributed by atoms with Gasteiger partial charge in [-0.05, 0) is 23.1 Å². The Hall–Kier alpha value is -0.900. The maximum Gasteiger partial charge on any atom is 0.0725 e. The van der Waals surface area contributed by atoms with Crippen LogP contribution in [0.15, 0.2) is 18.2 Å². The smallest absolute Gasteiger partial charge is 0.0725 e. The quantitative estimate of drug-likeness (QED) is 0.565. The molecule has 1 aromatic rings. The fraction of sp³-hybridized carbons (Fsp3) is 0.455. The molecule has 0 saturated heterocycles. The summed E-state index contributed by atoms with van der Waals surface area (Å²) in [6, 6.07) is 6.70. The molecule has 1 heterocycles. The van der Waals surface area contributed by atoms with E-state index in [0.717, 1.165) is 19.6 Å². The van der Waals surface area contributed by atoms with Gasteiger partial charge in [0.05, 0.1) is 13.2 Å². The Balaban J connectivity index is 2.27. The number of fused-ring (bicyclic) bond motifs is 1. The van der Waals surface area contributed by atoms with E-state index in [4.69, 9.17) is 10.6 Å². The summed E-state index contributed by atoms with van der Waals surface area (Å²) in [5.74, 6) is 5.48. The lowest BCUT2D eigenvalue weighted by Gasteiger charge is -2.14. The van der Waals surface area contributed by atoms with E-state index < -0.39 is 0 Å². The second-order valence-corrected chi connectivity index (χ2v) is 3.65. The third-order valence-electron chi connectivity index (χ3n) is 2.76. The molecule has 0 bridgehead atoms. The van der Waals surface area contributed by atoms with Gasteiger partial charge < -0.3 is 4.74 Å². The Kier molecular flexibility index (Phi) is 2.82. The third kappa shape index (κ3) is 1.66. The van der Waals surface area contributed by atoms with Crippen molar-refractivity contribution in [2.45, 2.75) is 32.6 Å². The monoisotopic (exact) mass is 192 g/mol. The molecule has 3 heteroatoms. The van der Waals surface area contributed by atoms with E-state index in [1.54, 1.807) is 0 Å². The summed E-state index contributed by atoms with van der Waals surface area (Å²) < 4.78 is 5.37. The highest BCUT2D eigenvalue weighted by Gasteiger charge is 2.14. The summed E-state index contributed by atoms with van der Waals surface area (Å²) >= 11 is 0. The number of ether oxygens (including phenoxy) is 1. The van der Waals surface area contributed by atoms with E-state index in [0.29, 0.717) is 0 Å². The molecule has 76 valence electrons. The van der Waals surface area contributed by atoms with Crippen LogP contribution < -0.4 is 11.3 Å². The first-order chi connectivity index (χ1) is 6.85. The fourth-order valence-corrected chi connectivity index (χ4v) is 1.86. The first kappa shape index (κ1) is 9.65. The normalized spacial score (nSPS) is 16.7. The van der Waals surface area contributed by atoms with Crippen LogP contribution in [0, 0.1) is 0 Å². The number of rotatable bonds is 3. The predicted octanol–water partition coefficient (Wildman–Crippen LogP) is 1.63. The van der Waals surface area contributed by atoms with Gasteiger partial charge in [-0.1, -0.05) is 25.1 Å². The Morgan fingerprint density at radius 3 is 2.93 bits per heavy atom. The van der Waals surface area contributed by atoms with Gasteiger partial charge in [-0.15, -0.1) is 0 Å². The van der Waals surface area contributed by atoms with E-state index in [9.17, 15) is 0 Å². The van der Waals surface area contributed by atoms with Gasteiger partial charge >= 0.3 is 0 Å². The fourth-order valence-electron chi connectivity index (χ4n) is 1.86. The molecular formula is C11H16N2O. The van der Waals surface area contributed by atoms with Gasteiger partial charge in [0, 0.05) is 6.04 Å². The molecule has 0 aromatic heterocycles. The van der Waals surface area contributed by atoms with E-state index in [2.05, 4.69) is 30.5 Å². The minimum absolute atomic E-state index is 0.251. The van der Waals surface area contributed by atoms with Crippen LogP contribution in [0.25, 0.3) is 0 Å². The topological polar surface area (TPSA) is 47.3 Å². The molecule has 1 atom stereocenters. The van der Waals surface area contributed by atoms with Crippen LogP contribution in [-0.2, 0) is 18.0 Å². The molecule has 14 heavy (non-hydrogen) atoms. The van der Waals surface area contributed by atoms with Crippen molar-refractivity contribution in [2.75, 3.05) is 0 Å². The van der Waals surface area contributed by atoms with Crippen molar-refractivity contribution in [3.8, 4) is 0 Å². The van der Waals surface area contributed by atoms with Crippen molar-refractivity contribution in [3.63, 3.8) is 0 Å². The van der Waals surface area contributed by atoms with E-state index in [1.165, 1.54) is 16.7 Å². The van der Waals surface area contributed by atoms with Crippen molar-refractivity contribution in [1.29, 1.82) is 0 Å². The Morgan fingerprint density at radius 1 is 1.43 bits per heavy atom. The molecule has 3 N–H and O–H groups in total.